The molecule has 0 bridgehead atoms. The van der Waals surface area contributed by atoms with Crippen LogP contribution in [0.5, 0.6) is 0 Å². The van der Waals surface area contributed by atoms with Gasteiger partial charge in [0.25, 0.3) is 5.91 Å². The van der Waals surface area contributed by atoms with Gasteiger partial charge >= 0.3 is 0 Å². The number of benzene rings is 1. The fourth-order valence-corrected chi connectivity index (χ4v) is 3.25. The molecule has 4 rings (SSSR count). The Labute approximate surface area is 145 Å². The molecule has 0 aliphatic carbocycles. The summed E-state index contributed by atoms with van der Waals surface area (Å²) in [6, 6.07) is 10.4. The van der Waals surface area contributed by atoms with E-state index < -0.39 is 0 Å². The molecule has 2 N–H and O–H groups in total. The molecule has 1 aliphatic rings. The lowest BCUT2D eigenvalue weighted by atomic mass is 10.1. The largest absolute Gasteiger partial charge is 0.349 e. The first-order valence-corrected chi connectivity index (χ1v) is 8.54. The predicted octanol–water partition coefficient (Wildman–Crippen LogP) is 1.73. The number of nitrogens with zero attached hydrogens (tertiary/aromatic N) is 4. The van der Waals surface area contributed by atoms with Gasteiger partial charge in [0.05, 0.1) is 11.8 Å². The smallest absolute Gasteiger partial charge is 0.254 e. The number of hydrogen-bond donors (Lipinski definition) is 2. The Balaban J connectivity index is 1.43. The SMILES string of the molecule is O=C(NC1CCc2nnc(Cc3ccccc3)n2CC1)c1cn[nH]c1. The van der Waals surface area contributed by atoms with Crippen molar-refractivity contribution in [2.24, 2.45) is 0 Å². The van der Waals surface area contributed by atoms with E-state index in [1.54, 1.807) is 12.4 Å². The predicted molar refractivity (Wildman–Crippen MR) is 92.0 cm³/mol. The maximum Gasteiger partial charge on any atom is 0.254 e. The molecule has 7 nitrogen and oxygen atoms in total. The monoisotopic (exact) mass is 336 g/mol. The minimum Gasteiger partial charge on any atom is -0.349 e. The van der Waals surface area contributed by atoms with Gasteiger partial charge in [0.2, 0.25) is 0 Å². The van der Waals surface area contributed by atoms with Crippen molar-refractivity contribution in [2.45, 2.75) is 38.3 Å². The van der Waals surface area contributed by atoms with Gasteiger partial charge in [-0.1, -0.05) is 30.3 Å². The minimum atomic E-state index is -0.0825. The molecule has 0 saturated heterocycles. The Bertz CT molecular complexity index is 840. The molecule has 1 unspecified atom stereocenters. The first-order valence-electron chi connectivity index (χ1n) is 8.54. The lowest BCUT2D eigenvalue weighted by Gasteiger charge is -2.15. The van der Waals surface area contributed by atoms with Crippen LogP contribution in [0.15, 0.2) is 42.7 Å². The molecule has 1 amide bonds. The second-order valence-corrected chi connectivity index (χ2v) is 6.33. The van der Waals surface area contributed by atoms with Crippen LogP contribution in [-0.4, -0.2) is 36.9 Å². The number of aromatic nitrogens is 5. The molecule has 3 aromatic rings. The average Bonchev–Trinajstić information content (AvgIpc) is 3.25. The molecule has 128 valence electrons. The lowest BCUT2D eigenvalue weighted by Crippen LogP contribution is -2.35. The number of hydrogen-bond acceptors (Lipinski definition) is 4. The third-order valence-corrected chi connectivity index (χ3v) is 4.62. The standard InChI is InChI=1S/C18H20N6O/c25-18(14-11-19-20-12-14)21-15-6-7-16-22-23-17(24(16)9-8-15)10-13-4-2-1-3-5-13/h1-5,11-12,15H,6-10H2,(H,19,20)(H,21,25). The molecule has 25 heavy (non-hydrogen) atoms. The quantitative estimate of drug-likeness (QED) is 0.759. The fourth-order valence-electron chi connectivity index (χ4n) is 3.25. The summed E-state index contributed by atoms with van der Waals surface area (Å²) >= 11 is 0. The number of fused-ring (bicyclic) bond motifs is 1. The van der Waals surface area contributed by atoms with Crippen LogP contribution >= 0.6 is 0 Å². The van der Waals surface area contributed by atoms with Gasteiger partial charge in [-0.05, 0) is 18.4 Å². The van der Waals surface area contributed by atoms with E-state index in [4.69, 9.17) is 0 Å². The number of carbonyl (C=O) groups is 1. The van der Waals surface area contributed by atoms with Crippen LogP contribution in [0.2, 0.25) is 0 Å². The van der Waals surface area contributed by atoms with Crippen LogP contribution < -0.4 is 5.32 Å². The first kappa shape index (κ1) is 15.6. The number of nitrogens with one attached hydrogen (secondary N) is 2. The number of aryl methyl sites for hydroxylation is 1. The van der Waals surface area contributed by atoms with Crippen LogP contribution in [0.1, 0.15) is 40.4 Å². The lowest BCUT2D eigenvalue weighted by molar-refractivity contribution is 0.0933. The zero-order valence-electron chi connectivity index (χ0n) is 13.9. The highest BCUT2D eigenvalue weighted by Crippen LogP contribution is 2.17. The zero-order chi connectivity index (χ0) is 17.1. The average molecular weight is 336 g/mol. The van der Waals surface area contributed by atoms with Gasteiger partial charge < -0.3 is 9.88 Å². The highest BCUT2D eigenvalue weighted by molar-refractivity contribution is 5.93. The summed E-state index contributed by atoms with van der Waals surface area (Å²) in [6.45, 7) is 0.820. The van der Waals surface area contributed by atoms with Crippen LogP contribution in [0.3, 0.4) is 0 Å². The molecule has 1 aromatic carbocycles. The normalized spacial score (nSPS) is 16.9. The van der Waals surface area contributed by atoms with Crippen molar-refractivity contribution in [3.63, 3.8) is 0 Å². The molecule has 1 aliphatic heterocycles. The topological polar surface area (TPSA) is 88.5 Å². The first-order chi connectivity index (χ1) is 12.3. The zero-order valence-corrected chi connectivity index (χ0v) is 13.9. The van der Waals surface area contributed by atoms with E-state index in [9.17, 15) is 4.79 Å². The van der Waals surface area contributed by atoms with Crippen molar-refractivity contribution >= 4 is 5.91 Å². The third-order valence-electron chi connectivity index (χ3n) is 4.62. The van der Waals surface area contributed by atoms with Gasteiger partial charge in [0, 0.05) is 31.6 Å². The second-order valence-electron chi connectivity index (χ2n) is 6.33. The van der Waals surface area contributed by atoms with Gasteiger partial charge in [-0.15, -0.1) is 10.2 Å². The van der Waals surface area contributed by atoms with Crippen LogP contribution in [0.4, 0.5) is 0 Å². The summed E-state index contributed by atoms with van der Waals surface area (Å²) in [6.07, 6.45) is 6.49. The Morgan fingerprint density at radius 3 is 2.92 bits per heavy atom. The Kier molecular flexibility index (Phi) is 4.28. The Morgan fingerprint density at radius 2 is 2.12 bits per heavy atom. The molecule has 1 atom stereocenters. The Hall–Kier alpha value is -2.96. The van der Waals surface area contributed by atoms with Gasteiger partial charge in [-0.3, -0.25) is 9.89 Å². The van der Waals surface area contributed by atoms with Gasteiger partial charge in [0.1, 0.15) is 11.6 Å². The van der Waals surface area contributed by atoms with Crippen LogP contribution in [0, 0.1) is 0 Å². The summed E-state index contributed by atoms with van der Waals surface area (Å²) in [4.78, 5) is 12.2. The maximum atomic E-state index is 12.2. The Morgan fingerprint density at radius 1 is 1.24 bits per heavy atom. The highest BCUT2D eigenvalue weighted by Gasteiger charge is 2.22. The minimum absolute atomic E-state index is 0.0825. The molecule has 0 fully saturated rings. The van der Waals surface area contributed by atoms with Gasteiger partial charge in [-0.2, -0.15) is 5.10 Å². The van der Waals surface area contributed by atoms with E-state index >= 15 is 0 Å². The third kappa shape index (κ3) is 3.45. The van der Waals surface area contributed by atoms with Gasteiger partial charge in [0.15, 0.2) is 0 Å². The maximum absolute atomic E-state index is 12.2. The van der Waals surface area contributed by atoms with Gasteiger partial charge in [-0.25, -0.2) is 0 Å². The van der Waals surface area contributed by atoms with Crippen molar-refractivity contribution in [3.8, 4) is 0 Å². The van der Waals surface area contributed by atoms with Crippen LogP contribution in [-0.2, 0) is 19.4 Å². The molecule has 3 heterocycles. The summed E-state index contributed by atoms with van der Waals surface area (Å²) in [5.41, 5.74) is 1.79. The van der Waals surface area contributed by atoms with Crippen molar-refractivity contribution in [1.29, 1.82) is 0 Å². The number of aromatic amines is 1. The van der Waals surface area contributed by atoms with E-state index in [1.807, 2.05) is 18.2 Å². The number of rotatable bonds is 4. The molecular formula is C18H20N6O. The molecule has 0 spiro atoms. The summed E-state index contributed by atoms with van der Waals surface area (Å²) in [7, 11) is 0. The highest BCUT2D eigenvalue weighted by atomic mass is 16.1. The summed E-state index contributed by atoms with van der Waals surface area (Å²) in [5, 5.41) is 18.3. The van der Waals surface area contributed by atoms with Crippen molar-refractivity contribution in [1.82, 2.24) is 30.3 Å². The van der Waals surface area contributed by atoms with E-state index in [0.29, 0.717) is 5.56 Å². The fraction of sp³-hybridized carbons (Fsp3) is 0.333. The number of carbonyl (C=O) groups excluding carboxylic acids is 1. The van der Waals surface area contributed by atoms with Crippen LogP contribution in [0.25, 0.3) is 0 Å². The molecule has 0 radical (unpaired) electrons. The van der Waals surface area contributed by atoms with E-state index in [2.05, 4.69) is 42.4 Å². The number of H-pyrrole nitrogens is 1. The van der Waals surface area contributed by atoms with E-state index in [0.717, 1.165) is 43.9 Å². The summed E-state index contributed by atoms with van der Waals surface area (Å²) < 4.78 is 2.21. The van der Waals surface area contributed by atoms with Crippen molar-refractivity contribution in [3.05, 3.63) is 65.5 Å². The second kappa shape index (κ2) is 6.88. The molecular weight excluding hydrogens is 316 g/mol. The van der Waals surface area contributed by atoms with Crippen molar-refractivity contribution < 1.29 is 4.79 Å². The molecule has 2 aromatic heterocycles. The summed E-state index contributed by atoms with van der Waals surface area (Å²) in [5.74, 6) is 1.91. The van der Waals surface area contributed by atoms with Crippen molar-refractivity contribution in [2.75, 3.05) is 0 Å². The van der Waals surface area contributed by atoms with E-state index in [1.165, 1.54) is 5.56 Å². The molecule has 0 saturated carbocycles. The van der Waals surface area contributed by atoms with E-state index in [-0.39, 0.29) is 11.9 Å². The molecule has 7 heteroatoms. The number of amides is 1.